The van der Waals surface area contributed by atoms with Gasteiger partial charge in [0.05, 0.1) is 50.0 Å². The van der Waals surface area contributed by atoms with Crippen molar-refractivity contribution in [2.75, 3.05) is 74.6 Å². The number of nitrogens with one attached hydrogen (secondary N) is 2. The fraction of sp³-hybridized carbons (Fsp3) is 0.478. The van der Waals surface area contributed by atoms with Crippen LogP contribution in [0.15, 0.2) is 189 Å². The second kappa shape index (κ2) is 44.1. The minimum atomic E-state index is -5.92. The molecule has 5 aliphatic rings. The molecule has 38 nitrogen and oxygen atoms in total. The summed E-state index contributed by atoms with van der Waals surface area (Å²) in [6, 6.07) is 18.2. The molecule has 0 bridgehead atoms. The van der Waals surface area contributed by atoms with Crippen LogP contribution in [0.5, 0.6) is 0 Å². The Morgan fingerprint density at radius 3 is 1.37 bits per heavy atom. The Hall–Kier alpha value is -8.78. The van der Waals surface area contributed by atoms with Gasteiger partial charge in [-0.3, -0.25) is 41.4 Å². The number of fused-ring (bicyclic) bond motifs is 5. The molecule has 3 unspecified atom stereocenters. The predicted molar refractivity (Wildman–Crippen MR) is 507 cm³/mol. The first-order valence-corrected chi connectivity index (χ1v) is 54.8. The number of hydrogen-bond donors (Lipinski definition) is 11. The van der Waals surface area contributed by atoms with Crippen molar-refractivity contribution in [2.24, 2.45) is 0 Å². The van der Waals surface area contributed by atoms with E-state index in [0.29, 0.717) is 128 Å². The van der Waals surface area contributed by atoms with Gasteiger partial charge in [0.15, 0.2) is 29.1 Å². The molecule has 2 aromatic heterocycles. The molecule has 0 aliphatic carbocycles. The highest BCUT2D eigenvalue weighted by molar-refractivity contribution is 7.86. The number of aliphatic hydroxyl groups is 1. The van der Waals surface area contributed by atoms with Crippen LogP contribution >= 0.6 is 23.5 Å². The SMILES string of the molecule is CCN1/C(=C/C=C/C=C/C=C/C2=[N+](CCCCCC(=O)NCCCCCCO[C@@H]3[C@H](O)[C@@H](COP(=O)(O)OP(=O)(O)OP(=O)(O)OCCCCCCNC(=O)CCCCC[N+]4=C(/C=C/C=C/C=C5/N(CC)c6ccc(S(=O)(=O)O)cc6C5(C)C)C(C)(C)c5cc(S(=O)(=O)O)ccc54)O[C@H]3n3cnc4c(N)ncnc43)c3ccc(S(=O)(=O)O)cc3C2(C)C)C(C)(C)c2cc(S(=O)(=O)O)ccc21. The van der Waals surface area contributed by atoms with Gasteiger partial charge >= 0.3 is 23.5 Å². The fourth-order valence-corrected chi connectivity index (χ4v) is 23.3. The number of likely N-dealkylation sites (N-methyl/N-ethyl adjacent to an activating group) is 2. The van der Waals surface area contributed by atoms with Gasteiger partial charge < -0.3 is 55.4 Å². The topological polar surface area (TPSA) is 545 Å². The zero-order chi connectivity index (χ0) is 98.7. The van der Waals surface area contributed by atoms with E-state index in [1.807, 2.05) is 142 Å². The molecule has 0 radical (unpaired) electrons. The zero-order valence-electron chi connectivity index (χ0n) is 77.0. The monoisotopic (exact) mass is 2010 g/mol. The van der Waals surface area contributed by atoms with Crippen LogP contribution < -0.4 is 26.2 Å². The number of benzene rings is 4. The maximum atomic E-state index is 13.2. The first kappa shape index (κ1) is 107. The number of phosphoric ester groups is 2. The lowest BCUT2D eigenvalue weighted by Gasteiger charge is -2.25. The molecule has 11 rings (SSSR count). The summed E-state index contributed by atoms with van der Waals surface area (Å²) in [6.07, 6.45) is 28.1. The lowest BCUT2D eigenvalue weighted by molar-refractivity contribution is -0.438. The predicted octanol–water partition coefficient (Wildman–Crippen LogP) is 14.2. The summed E-state index contributed by atoms with van der Waals surface area (Å²) in [6.45, 7) is 21.4. The molecule has 4 aromatic carbocycles. The Bertz CT molecular complexity index is 6370. The molecule has 736 valence electrons. The molecular formula is C90H122N11O27P3S4+2. The third-order valence-electron chi connectivity index (χ3n) is 24.7. The Balaban J connectivity index is 0.571. The maximum Gasteiger partial charge on any atom is 0.490 e. The number of phosphoric acid groups is 3. The van der Waals surface area contributed by atoms with Gasteiger partial charge in [-0.2, -0.15) is 51.4 Å². The van der Waals surface area contributed by atoms with Gasteiger partial charge in [-0.15, -0.1) is 0 Å². The quantitative estimate of drug-likeness (QED) is 0.00555. The lowest BCUT2D eigenvalue weighted by atomic mass is 9.81. The third kappa shape index (κ3) is 26.2. The molecule has 7 atom stereocenters. The number of nitrogen functional groups attached to an aromatic ring is 1. The highest BCUT2D eigenvalue weighted by Gasteiger charge is 2.51. The highest BCUT2D eigenvalue weighted by Crippen LogP contribution is 2.68. The molecule has 0 saturated carbocycles. The molecule has 6 aromatic rings. The first-order chi connectivity index (χ1) is 63.3. The molecule has 0 spiro atoms. The zero-order valence-corrected chi connectivity index (χ0v) is 82.9. The minimum Gasteiger partial charge on any atom is -0.387 e. The number of unbranched alkanes of at least 4 members (excludes halogenated alkanes) is 10. The van der Waals surface area contributed by atoms with Crippen LogP contribution in [-0.2, 0) is 113 Å². The number of ether oxygens (including phenoxy) is 2. The summed E-state index contributed by atoms with van der Waals surface area (Å²) in [5.41, 5.74) is 13.6. The molecule has 12 N–H and O–H groups in total. The Morgan fingerprint density at radius 1 is 0.504 bits per heavy atom. The molecular weight excluding hydrogens is 1890 g/mol. The van der Waals surface area contributed by atoms with Crippen molar-refractivity contribution in [3.63, 3.8) is 0 Å². The van der Waals surface area contributed by atoms with Crippen molar-refractivity contribution in [3.8, 4) is 0 Å². The number of imidazole rings is 1. The van der Waals surface area contributed by atoms with Crippen LogP contribution in [0.25, 0.3) is 11.2 Å². The van der Waals surface area contributed by atoms with Crippen LogP contribution in [-0.4, -0.2) is 201 Å². The van der Waals surface area contributed by atoms with Crippen molar-refractivity contribution in [3.05, 3.63) is 192 Å². The number of anilines is 3. The normalized spacial score (nSPS) is 20.7. The number of carbonyl (C=O) groups is 2. The first-order valence-electron chi connectivity index (χ1n) is 44.6. The van der Waals surface area contributed by atoms with E-state index in [1.54, 1.807) is 24.3 Å². The van der Waals surface area contributed by atoms with Gasteiger partial charge in [0.1, 0.15) is 43.2 Å². The molecule has 135 heavy (non-hydrogen) atoms. The van der Waals surface area contributed by atoms with Crippen LogP contribution in [0.4, 0.5) is 28.6 Å². The second-order valence-electron chi connectivity index (χ2n) is 35.5. The minimum absolute atomic E-state index is 0.0229. The van der Waals surface area contributed by atoms with Gasteiger partial charge in [0.2, 0.25) is 23.2 Å². The largest absolute Gasteiger partial charge is 0.490 e. The average Bonchev–Trinajstić information content (AvgIpc) is 1.59. The van der Waals surface area contributed by atoms with Crippen molar-refractivity contribution in [1.29, 1.82) is 0 Å². The van der Waals surface area contributed by atoms with E-state index in [2.05, 4.69) is 53.2 Å². The smallest absolute Gasteiger partial charge is 0.387 e. The standard InChI is InChI=1S/C90H120N11O27P3S4/c1-11-97-70-45-41-62(132(111,112)113)55-66(70)87(3,4)75(97)35-23-14-13-15-24-37-77-89(7,8)68-57-64(134(117,118)119)43-47-72(68)99(77)51-31-21-27-39-79(102)92-49-29-16-18-33-53-123-83-82(104)74(126-86(83)101-61-96-81-84(91)94-60-95-85(81)101)59-125-130(107,108)128-131(109,110)127-129(105,106)124-54-34-19-17-30-50-93-80(103)40-28-22-32-52-100-73-48-44-65(135(120,121)122)58-69(73)90(9,10)78(100)38-26-20-25-36-76-88(5,6)67-56-63(133(114,115)116)42-46-71(67)98(76)12-2/h13-15,20,23-26,35-38,41-48,55-58,60-61,74,82-83,86,104H,11-12,16-19,21-22,27-34,39-40,49-54,59H2,1-10H3,(H9-2,91,92,93,94,95,102,103,105,106,107,108,109,110,111,112,113,114,115,116,117,118,119,120,121,122)/p+2/t74-,82-,83-,86-/m1/s1. The summed E-state index contributed by atoms with van der Waals surface area (Å²) in [5, 5.41) is 17.5. The third-order valence-corrected chi connectivity index (χ3v) is 32.4. The van der Waals surface area contributed by atoms with Crippen molar-refractivity contribution in [2.45, 2.75) is 238 Å². The van der Waals surface area contributed by atoms with E-state index < -0.39 is 123 Å². The highest BCUT2D eigenvalue weighted by atomic mass is 32.2. The van der Waals surface area contributed by atoms with Crippen LogP contribution in [0, 0.1) is 0 Å². The lowest BCUT2D eigenvalue weighted by Crippen LogP contribution is -2.36. The number of nitrogens with two attached hydrogens (primary N) is 1. The second-order valence-corrected chi connectivity index (χ2v) is 45.8. The molecule has 7 heterocycles. The Kier molecular flexibility index (Phi) is 34.9. The van der Waals surface area contributed by atoms with Crippen molar-refractivity contribution < 1.29 is 131 Å². The Labute approximate surface area is 787 Å². The van der Waals surface area contributed by atoms with Crippen LogP contribution in [0.3, 0.4) is 0 Å². The van der Waals surface area contributed by atoms with Crippen LogP contribution in [0.2, 0.25) is 0 Å². The summed E-state index contributed by atoms with van der Waals surface area (Å²) >= 11 is 0. The molecule has 2 amide bonds. The molecule has 1 fully saturated rings. The van der Waals surface area contributed by atoms with E-state index in [-0.39, 0.29) is 74.2 Å². The molecule has 45 heteroatoms. The van der Waals surface area contributed by atoms with E-state index in [0.717, 1.165) is 62.3 Å². The van der Waals surface area contributed by atoms with Crippen molar-refractivity contribution >= 4 is 127 Å². The van der Waals surface area contributed by atoms with Crippen molar-refractivity contribution in [1.82, 2.24) is 30.2 Å². The number of hydrogen-bond acceptors (Lipinski definition) is 26. The number of rotatable bonds is 49. The van der Waals surface area contributed by atoms with E-state index >= 15 is 0 Å². The molecule has 1 saturated heterocycles. The maximum absolute atomic E-state index is 13.2. The summed E-state index contributed by atoms with van der Waals surface area (Å²) in [5.74, 6) is -0.276. The van der Waals surface area contributed by atoms with E-state index in [4.69, 9.17) is 24.3 Å². The number of allylic oxidation sites excluding steroid dienone is 14. The van der Waals surface area contributed by atoms with Gasteiger partial charge in [0, 0.05) is 127 Å². The number of aliphatic hydroxyl groups excluding tert-OH is 1. The van der Waals surface area contributed by atoms with Gasteiger partial charge in [-0.1, -0.05) is 102 Å². The number of amides is 2. The van der Waals surface area contributed by atoms with Gasteiger partial charge in [0.25, 0.3) is 40.5 Å². The van der Waals surface area contributed by atoms with E-state index in [1.165, 1.54) is 65.8 Å². The van der Waals surface area contributed by atoms with Crippen LogP contribution in [0.1, 0.15) is 200 Å². The number of carbonyl (C=O) groups excluding carboxylic acids is 2. The van der Waals surface area contributed by atoms with E-state index in [9.17, 15) is 95.0 Å². The average molecular weight is 2010 g/mol. The molecule has 5 aliphatic heterocycles. The van der Waals surface area contributed by atoms with Gasteiger partial charge in [-0.05, 0) is 177 Å². The Morgan fingerprint density at radius 2 is 0.911 bits per heavy atom. The fourth-order valence-electron chi connectivity index (χ4n) is 17.7. The number of aromatic nitrogens is 4. The summed E-state index contributed by atoms with van der Waals surface area (Å²) in [4.78, 5) is 73.2. The summed E-state index contributed by atoms with van der Waals surface area (Å²) < 4.78 is 212. The number of nitrogens with zero attached hydrogens (tertiary/aromatic N) is 8. The van der Waals surface area contributed by atoms with Gasteiger partial charge in [-0.25, -0.2) is 28.6 Å². The summed E-state index contributed by atoms with van der Waals surface area (Å²) in [7, 11) is -34.9.